The van der Waals surface area contributed by atoms with E-state index in [1.165, 1.54) is 25.7 Å². The van der Waals surface area contributed by atoms with Crippen molar-refractivity contribution in [2.75, 3.05) is 0 Å². The zero-order valence-electron chi connectivity index (χ0n) is 11.4. The van der Waals surface area contributed by atoms with Gasteiger partial charge in [0.05, 0.1) is 0 Å². The molecule has 0 aromatic heterocycles. The van der Waals surface area contributed by atoms with Crippen LogP contribution in [0.15, 0.2) is 24.3 Å². The molecule has 3 rings (SSSR count). The summed E-state index contributed by atoms with van der Waals surface area (Å²) in [7, 11) is 0. The fourth-order valence-electron chi connectivity index (χ4n) is 3.72. The first-order chi connectivity index (χ1) is 7.54. The molecule has 1 aromatic carbocycles. The van der Waals surface area contributed by atoms with E-state index in [0.29, 0.717) is 10.8 Å². The molecule has 2 fully saturated rings. The zero-order chi connectivity index (χ0) is 11.4. The minimum atomic E-state index is 0. The molecule has 1 nitrogen and oxygen atoms in total. The van der Waals surface area contributed by atoms with Crippen LogP contribution in [0.1, 0.15) is 57.6 Å². The van der Waals surface area contributed by atoms with Gasteiger partial charge in [0, 0.05) is 0 Å². The predicted molar refractivity (Wildman–Crippen MR) is 73.8 cm³/mol. The van der Waals surface area contributed by atoms with E-state index >= 15 is 0 Å². The van der Waals surface area contributed by atoms with E-state index < -0.39 is 0 Å². The Morgan fingerprint density at radius 3 is 2.06 bits per heavy atom. The average molecular weight is 231 g/mol. The van der Waals surface area contributed by atoms with E-state index in [9.17, 15) is 0 Å². The van der Waals surface area contributed by atoms with Crippen LogP contribution in [-0.2, 0) is 10.8 Å². The van der Waals surface area contributed by atoms with Gasteiger partial charge < -0.3 is 6.15 Å². The summed E-state index contributed by atoms with van der Waals surface area (Å²) < 4.78 is 0. The van der Waals surface area contributed by atoms with Crippen LogP contribution in [0.25, 0.3) is 0 Å². The van der Waals surface area contributed by atoms with Crippen LogP contribution in [0.4, 0.5) is 0 Å². The van der Waals surface area contributed by atoms with Crippen molar-refractivity contribution in [1.29, 1.82) is 0 Å². The molecular weight excluding hydrogens is 206 g/mol. The normalized spacial score (nSPS) is 30.6. The SMILES string of the molecule is CC(C)(C)c1ccccc1C12CCC1CC2.N. The van der Waals surface area contributed by atoms with Crippen molar-refractivity contribution in [2.24, 2.45) is 5.92 Å². The third-order valence-corrected chi connectivity index (χ3v) is 4.93. The first kappa shape index (κ1) is 12.6. The van der Waals surface area contributed by atoms with Gasteiger partial charge in [-0.3, -0.25) is 0 Å². The van der Waals surface area contributed by atoms with Crippen molar-refractivity contribution >= 4 is 0 Å². The quantitative estimate of drug-likeness (QED) is 0.754. The lowest BCUT2D eigenvalue weighted by atomic mass is 9.44. The number of rotatable bonds is 1. The van der Waals surface area contributed by atoms with E-state index in [1.807, 2.05) is 0 Å². The molecule has 1 aromatic rings. The summed E-state index contributed by atoms with van der Waals surface area (Å²) in [6.07, 6.45) is 5.81. The Kier molecular flexibility index (Phi) is 2.86. The average Bonchev–Trinajstić information content (AvgIpc) is 2.22. The Balaban J connectivity index is 0.00000108. The summed E-state index contributed by atoms with van der Waals surface area (Å²) in [5.41, 5.74) is 4.15. The van der Waals surface area contributed by atoms with Gasteiger partial charge in [-0.25, -0.2) is 0 Å². The minimum Gasteiger partial charge on any atom is -0.344 e. The molecule has 94 valence electrons. The second-order valence-corrected chi connectivity index (χ2v) is 6.73. The molecule has 0 saturated heterocycles. The lowest BCUT2D eigenvalue weighted by molar-refractivity contribution is 0.00458. The van der Waals surface area contributed by atoms with E-state index in [2.05, 4.69) is 45.0 Å². The number of hydrogen-bond donors (Lipinski definition) is 1. The predicted octanol–water partition coefficient (Wildman–Crippen LogP) is 4.59. The molecule has 17 heavy (non-hydrogen) atoms. The summed E-state index contributed by atoms with van der Waals surface area (Å²) in [6, 6.07) is 9.17. The van der Waals surface area contributed by atoms with Gasteiger partial charge in [-0.15, -0.1) is 0 Å². The maximum atomic E-state index is 2.39. The highest BCUT2D eigenvalue weighted by Gasteiger charge is 2.55. The molecule has 2 aliphatic carbocycles. The van der Waals surface area contributed by atoms with Crippen molar-refractivity contribution in [3.05, 3.63) is 35.4 Å². The van der Waals surface area contributed by atoms with Crippen LogP contribution in [0, 0.1) is 5.92 Å². The topological polar surface area (TPSA) is 35.0 Å². The van der Waals surface area contributed by atoms with Gasteiger partial charge in [0.25, 0.3) is 0 Å². The molecule has 0 amide bonds. The lowest BCUT2D eigenvalue weighted by Crippen LogP contribution is -2.53. The minimum absolute atomic E-state index is 0. The van der Waals surface area contributed by atoms with Crippen molar-refractivity contribution in [3.63, 3.8) is 0 Å². The summed E-state index contributed by atoms with van der Waals surface area (Å²) in [6.45, 7) is 7.03. The monoisotopic (exact) mass is 231 g/mol. The molecule has 0 spiro atoms. The van der Waals surface area contributed by atoms with Crippen molar-refractivity contribution < 1.29 is 0 Å². The Morgan fingerprint density at radius 2 is 1.65 bits per heavy atom. The first-order valence-corrected chi connectivity index (χ1v) is 6.64. The van der Waals surface area contributed by atoms with Gasteiger partial charge in [0.2, 0.25) is 0 Å². The van der Waals surface area contributed by atoms with Crippen LogP contribution in [-0.4, -0.2) is 0 Å². The molecule has 0 aliphatic heterocycles. The second-order valence-electron chi connectivity index (χ2n) is 6.73. The molecule has 0 unspecified atom stereocenters. The van der Waals surface area contributed by atoms with Gasteiger partial charge in [-0.2, -0.15) is 0 Å². The summed E-state index contributed by atoms with van der Waals surface area (Å²) in [5.74, 6) is 1.01. The van der Waals surface area contributed by atoms with Crippen molar-refractivity contribution in [2.45, 2.75) is 57.3 Å². The zero-order valence-corrected chi connectivity index (χ0v) is 11.4. The summed E-state index contributed by atoms with van der Waals surface area (Å²) >= 11 is 0. The summed E-state index contributed by atoms with van der Waals surface area (Å²) in [4.78, 5) is 0. The molecule has 0 atom stereocenters. The van der Waals surface area contributed by atoms with Gasteiger partial charge >= 0.3 is 0 Å². The van der Waals surface area contributed by atoms with Gasteiger partial charge in [0.1, 0.15) is 0 Å². The van der Waals surface area contributed by atoms with Crippen LogP contribution < -0.4 is 6.15 Å². The number of fused-ring (bicyclic) bond motifs is 1. The molecule has 0 radical (unpaired) electrons. The fourth-order valence-corrected chi connectivity index (χ4v) is 3.72. The van der Waals surface area contributed by atoms with Crippen LogP contribution in [0.5, 0.6) is 0 Å². The Bertz CT molecular complexity index is 406. The Morgan fingerprint density at radius 1 is 1.06 bits per heavy atom. The van der Waals surface area contributed by atoms with E-state index in [4.69, 9.17) is 0 Å². The van der Waals surface area contributed by atoms with Crippen LogP contribution in [0.3, 0.4) is 0 Å². The summed E-state index contributed by atoms with van der Waals surface area (Å²) in [5, 5.41) is 0. The number of hydrogen-bond acceptors (Lipinski definition) is 1. The maximum absolute atomic E-state index is 2.39. The molecule has 3 N–H and O–H groups in total. The van der Waals surface area contributed by atoms with E-state index in [1.54, 1.807) is 11.1 Å². The van der Waals surface area contributed by atoms with Gasteiger partial charge in [0.15, 0.2) is 0 Å². The fraction of sp³-hybridized carbons (Fsp3) is 0.625. The van der Waals surface area contributed by atoms with Gasteiger partial charge in [-0.1, -0.05) is 45.0 Å². The van der Waals surface area contributed by atoms with Crippen molar-refractivity contribution in [1.82, 2.24) is 6.15 Å². The third-order valence-electron chi connectivity index (χ3n) is 4.93. The smallest absolute Gasteiger partial charge is 0.00156 e. The Hall–Kier alpha value is -0.820. The first-order valence-electron chi connectivity index (χ1n) is 6.64. The molecular formula is C16H25N. The lowest BCUT2D eigenvalue weighted by Gasteiger charge is -2.60. The van der Waals surface area contributed by atoms with Crippen LogP contribution in [0.2, 0.25) is 0 Å². The Labute approximate surface area is 105 Å². The van der Waals surface area contributed by atoms with Gasteiger partial charge in [-0.05, 0) is 53.6 Å². The highest BCUT2D eigenvalue weighted by molar-refractivity contribution is 5.43. The molecule has 0 bridgehead atoms. The largest absolute Gasteiger partial charge is 0.344 e. The van der Waals surface area contributed by atoms with E-state index in [-0.39, 0.29) is 6.15 Å². The van der Waals surface area contributed by atoms with Crippen molar-refractivity contribution in [3.8, 4) is 0 Å². The highest BCUT2D eigenvalue weighted by Crippen LogP contribution is 2.63. The molecule has 0 heterocycles. The van der Waals surface area contributed by atoms with Crippen LogP contribution >= 0.6 is 0 Å². The third kappa shape index (κ3) is 1.63. The maximum Gasteiger partial charge on any atom is -0.00156 e. The van der Waals surface area contributed by atoms with E-state index in [0.717, 1.165) is 5.92 Å². The standard InChI is InChI=1S/C16H22.H3N/c1-15(2,3)13-6-4-5-7-14(13)16-10-8-12(16)9-11-16;/h4-7,12H,8-11H2,1-3H3;1H3. The molecule has 2 saturated carbocycles. The number of benzene rings is 1. The highest BCUT2D eigenvalue weighted by atomic mass is 14.6. The molecule has 1 heteroatoms. The molecule has 2 aliphatic rings. The second kappa shape index (κ2) is 3.84.